The van der Waals surface area contributed by atoms with E-state index < -0.39 is 0 Å². The van der Waals surface area contributed by atoms with Crippen LogP contribution >= 0.6 is 11.3 Å². The molecule has 0 radical (unpaired) electrons. The highest BCUT2D eigenvalue weighted by molar-refractivity contribution is 7.10. The van der Waals surface area contributed by atoms with E-state index in [4.69, 9.17) is 5.11 Å². The molecule has 1 aromatic heterocycles. The van der Waals surface area contributed by atoms with Crippen LogP contribution in [-0.4, -0.2) is 43.2 Å². The fraction of sp³-hybridized carbons (Fsp3) is 0.462. The molecule has 0 aliphatic heterocycles. The molecule has 0 saturated carbocycles. The summed E-state index contributed by atoms with van der Waals surface area (Å²) in [6, 6.07) is 1.97. The molecule has 0 fully saturated rings. The maximum absolute atomic E-state index is 11.2. The minimum Gasteiger partial charge on any atom is -0.395 e. The second-order valence-electron chi connectivity index (χ2n) is 3.88. The lowest BCUT2D eigenvalue weighted by Crippen LogP contribution is -2.32. The van der Waals surface area contributed by atoms with Crippen LogP contribution < -0.4 is 5.32 Å². The van der Waals surface area contributed by atoms with Gasteiger partial charge in [0.25, 0.3) is 0 Å². The van der Waals surface area contributed by atoms with E-state index in [-0.39, 0.29) is 12.5 Å². The van der Waals surface area contributed by atoms with Gasteiger partial charge in [0, 0.05) is 30.5 Å². The zero-order valence-corrected chi connectivity index (χ0v) is 11.5. The van der Waals surface area contributed by atoms with Crippen LogP contribution in [0, 0.1) is 11.8 Å². The largest absolute Gasteiger partial charge is 0.395 e. The molecule has 0 aliphatic rings. The van der Waals surface area contributed by atoms with Crippen LogP contribution in [0.3, 0.4) is 0 Å². The number of thiophene rings is 1. The highest BCUT2D eigenvalue weighted by Crippen LogP contribution is 2.17. The highest BCUT2D eigenvalue weighted by Gasteiger charge is 2.08. The molecular weight excluding hydrogens is 248 g/mol. The lowest BCUT2D eigenvalue weighted by Gasteiger charge is -2.14. The van der Waals surface area contributed by atoms with E-state index >= 15 is 0 Å². The number of amides is 1. The summed E-state index contributed by atoms with van der Waals surface area (Å²) in [5.74, 6) is 5.95. The molecule has 0 unspecified atom stereocenters. The summed E-state index contributed by atoms with van der Waals surface area (Å²) < 4.78 is 0. The van der Waals surface area contributed by atoms with Crippen LogP contribution in [0.4, 0.5) is 0 Å². The minimum atomic E-state index is 0.00182. The lowest BCUT2D eigenvalue weighted by molar-refractivity contribution is -0.121. The first kappa shape index (κ1) is 14.7. The van der Waals surface area contributed by atoms with Gasteiger partial charge in [-0.15, -0.1) is 11.3 Å². The summed E-state index contributed by atoms with van der Waals surface area (Å²) in [4.78, 5) is 14.3. The first-order chi connectivity index (χ1) is 8.67. The van der Waals surface area contributed by atoms with Crippen molar-refractivity contribution in [3.05, 3.63) is 21.9 Å². The quantitative estimate of drug-likeness (QED) is 0.770. The van der Waals surface area contributed by atoms with Crippen molar-refractivity contribution in [2.75, 3.05) is 27.2 Å². The Morgan fingerprint density at radius 3 is 3.06 bits per heavy atom. The molecule has 2 N–H and O–H groups in total. The van der Waals surface area contributed by atoms with Gasteiger partial charge in [0.1, 0.15) is 0 Å². The van der Waals surface area contributed by atoms with Gasteiger partial charge in [0.15, 0.2) is 0 Å². The predicted molar refractivity (Wildman–Crippen MR) is 73.3 cm³/mol. The van der Waals surface area contributed by atoms with Crippen LogP contribution in [-0.2, 0) is 11.3 Å². The van der Waals surface area contributed by atoms with Gasteiger partial charge in [-0.2, -0.15) is 0 Å². The summed E-state index contributed by atoms with van der Waals surface area (Å²) in [5, 5.41) is 13.3. The number of hydrogen-bond donors (Lipinski definition) is 2. The number of carbonyl (C=O) groups excluding carboxylic acids is 1. The van der Waals surface area contributed by atoms with Crippen molar-refractivity contribution in [1.29, 1.82) is 0 Å². The topological polar surface area (TPSA) is 52.6 Å². The van der Waals surface area contributed by atoms with Gasteiger partial charge < -0.3 is 10.4 Å². The molecule has 0 atom stereocenters. The molecule has 1 heterocycles. The molecule has 18 heavy (non-hydrogen) atoms. The number of aliphatic hydroxyl groups excluding tert-OH is 1. The average Bonchev–Trinajstić information content (AvgIpc) is 2.76. The van der Waals surface area contributed by atoms with Gasteiger partial charge in [-0.3, -0.25) is 9.69 Å². The van der Waals surface area contributed by atoms with E-state index in [0.29, 0.717) is 19.5 Å². The maximum atomic E-state index is 11.2. The number of aliphatic hydroxyl groups is 1. The Morgan fingerprint density at radius 1 is 1.61 bits per heavy atom. The summed E-state index contributed by atoms with van der Waals surface area (Å²) in [7, 11) is 3.53. The average molecular weight is 266 g/mol. The maximum Gasteiger partial charge on any atom is 0.233 e. The third-order valence-corrected chi connectivity index (χ3v) is 3.22. The van der Waals surface area contributed by atoms with Gasteiger partial charge in [0.05, 0.1) is 13.2 Å². The summed E-state index contributed by atoms with van der Waals surface area (Å²) in [5.41, 5.74) is 0.984. The molecule has 0 bridgehead atoms. The molecule has 0 saturated heterocycles. The molecule has 1 rings (SSSR count). The number of nitrogens with one attached hydrogen (secondary N) is 1. The second-order valence-corrected chi connectivity index (χ2v) is 4.88. The van der Waals surface area contributed by atoms with Gasteiger partial charge in [0.2, 0.25) is 5.91 Å². The van der Waals surface area contributed by atoms with Crippen molar-refractivity contribution in [2.24, 2.45) is 0 Å². The number of nitrogens with zero attached hydrogens (tertiary/aromatic N) is 1. The van der Waals surface area contributed by atoms with Gasteiger partial charge in [-0.25, -0.2) is 0 Å². The number of likely N-dealkylation sites (N-methyl/N-ethyl adjacent to an activating group) is 2. The Hall–Kier alpha value is -1.35. The van der Waals surface area contributed by atoms with Crippen LogP contribution in [0.15, 0.2) is 11.4 Å². The molecule has 0 aliphatic carbocycles. The molecular formula is C13H18N2O2S. The van der Waals surface area contributed by atoms with E-state index in [1.165, 1.54) is 0 Å². The van der Waals surface area contributed by atoms with Crippen molar-refractivity contribution in [1.82, 2.24) is 10.2 Å². The fourth-order valence-electron chi connectivity index (χ4n) is 1.41. The van der Waals surface area contributed by atoms with Crippen molar-refractivity contribution in [2.45, 2.75) is 13.0 Å². The van der Waals surface area contributed by atoms with E-state index in [0.717, 1.165) is 10.4 Å². The molecule has 0 aromatic carbocycles. The SMILES string of the molecule is CNC(=O)CN(C)Cc1sccc1C#CCCO. The molecule has 4 nitrogen and oxygen atoms in total. The van der Waals surface area contributed by atoms with Gasteiger partial charge in [-0.05, 0) is 18.5 Å². The van der Waals surface area contributed by atoms with Crippen LogP contribution in [0.1, 0.15) is 16.9 Å². The third-order valence-electron chi connectivity index (χ3n) is 2.31. The lowest BCUT2D eigenvalue weighted by atomic mass is 10.2. The Morgan fingerprint density at radius 2 is 2.39 bits per heavy atom. The number of hydrogen-bond acceptors (Lipinski definition) is 4. The first-order valence-electron chi connectivity index (χ1n) is 5.72. The van der Waals surface area contributed by atoms with E-state index in [2.05, 4.69) is 17.2 Å². The minimum absolute atomic E-state index is 0.00182. The van der Waals surface area contributed by atoms with E-state index in [9.17, 15) is 4.79 Å². The van der Waals surface area contributed by atoms with Crippen molar-refractivity contribution >= 4 is 17.2 Å². The van der Waals surface area contributed by atoms with Crippen LogP contribution in [0.25, 0.3) is 0 Å². The molecule has 0 spiro atoms. The monoisotopic (exact) mass is 266 g/mol. The number of rotatable bonds is 5. The van der Waals surface area contributed by atoms with Crippen molar-refractivity contribution in [3.8, 4) is 11.8 Å². The Kier molecular flexibility index (Phi) is 6.44. The van der Waals surface area contributed by atoms with Crippen molar-refractivity contribution < 1.29 is 9.90 Å². The summed E-state index contributed by atoms with van der Waals surface area (Å²) in [6.45, 7) is 1.16. The van der Waals surface area contributed by atoms with E-state index in [1.807, 2.05) is 23.4 Å². The van der Waals surface area contributed by atoms with Crippen LogP contribution in [0.5, 0.6) is 0 Å². The predicted octanol–water partition coefficient (Wildman–Crippen LogP) is 0.660. The Balaban J connectivity index is 2.60. The number of carbonyl (C=O) groups is 1. The normalized spacial score (nSPS) is 10.0. The second kappa shape index (κ2) is 7.88. The van der Waals surface area contributed by atoms with E-state index in [1.54, 1.807) is 18.4 Å². The van der Waals surface area contributed by atoms with Crippen LogP contribution in [0.2, 0.25) is 0 Å². The zero-order valence-electron chi connectivity index (χ0n) is 10.7. The molecule has 98 valence electrons. The fourth-order valence-corrected chi connectivity index (χ4v) is 2.32. The summed E-state index contributed by atoms with van der Waals surface area (Å²) >= 11 is 1.63. The zero-order chi connectivity index (χ0) is 13.4. The molecule has 1 amide bonds. The third kappa shape index (κ3) is 4.88. The van der Waals surface area contributed by atoms with Crippen molar-refractivity contribution in [3.63, 3.8) is 0 Å². The molecule has 1 aromatic rings. The first-order valence-corrected chi connectivity index (χ1v) is 6.60. The smallest absolute Gasteiger partial charge is 0.233 e. The standard InChI is InChI=1S/C13H18N2O2S/c1-14-13(17)10-15(2)9-12-11(6-8-18-12)5-3-4-7-16/h6,8,16H,4,7,9-10H2,1-2H3,(H,14,17). The highest BCUT2D eigenvalue weighted by atomic mass is 32.1. The van der Waals surface area contributed by atoms with Gasteiger partial charge in [-0.1, -0.05) is 11.8 Å². The Bertz CT molecular complexity index is 445. The molecule has 5 heteroatoms. The Labute approximate surface area is 112 Å². The summed E-state index contributed by atoms with van der Waals surface area (Å²) in [6.07, 6.45) is 0.489. The van der Waals surface area contributed by atoms with Gasteiger partial charge >= 0.3 is 0 Å².